The molecule has 1 aliphatic carbocycles. The minimum Gasteiger partial charge on any atom is -0.309 e. The Kier molecular flexibility index (Phi) is 7.07. The highest BCUT2D eigenvalue weighted by molar-refractivity contribution is 5.27. The molecular formula is C18H30N2. The summed E-state index contributed by atoms with van der Waals surface area (Å²) >= 11 is 0. The molecule has 0 amide bonds. The predicted octanol–water partition coefficient (Wildman–Crippen LogP) is 4.80. The second kappa shape index (κ2) is 9.12. The van der Waals surface area contributed by atoms with Crippen LogP contribution in [0.4, 0.5) is 0 Å². The van der Waals surface area contributed by atoms with Gasteiger partial charge in [0.15, 0.2) is 0 Å². The largest absolute Gasteiger partial charge is 0.309 e. The summed E-state index contributed by atoms with van der Waals surface area (Å²) in [6.45, 7) is 3.43. The van der Waals surface area contributed by atoms with Gasteiger partial charge in [-0.15, -0.1) is 0 Å². The van der Waals surface area contributed by atoms with Crippen molar-refractivity contribution in [3.8, 4) is 0 Å². The number of hydrogen-bond acceptors (Lipinski definition) is 2. The van der Waals surface area contributed by atoms with Crippen molar-refractivity contribution < 1.29 is 0 Å². The molecule has 2 heteroatoms. The summed E-state index contributed by atoms with van der Waals surface area (Å²) in [5, 5.41) is 3.69. The Morgan fingerprint density at radius 3 is 2.65 bits per heavy atom. The maximum Gasteiger partial charge on any atom is 0.0605 e. The molecule has 2 rings (SSSR count). The molecule has 1 heterocycles. The van der Waals surface area contributed by atoms with Crippen LogP contribution in [0.5, 0.6) is 0 Å². The number of nitrogens with zero attached hydrogens (tertiary/aromatic N) is 1. The molecule has 0 aromatic carbocycles. The highest BCUT2D eigenvalue weighted by Gasteiger charge is 2.22. The number of pyridine rings is 1. The van der Waals surface area contributed by atoms with Gasteiger partial charge < -0.3 is 5.32 Å². The van der Waals surface area contributed by atoms with Crippen LogP contribution in [0.1, 0.15) is 82.0 Å². The van der Waals surface area contributed by atoms with E-state index in [1.54, 1.807) is 0 Å². The molecule has 1 aromatic heterocycles. The summed E-state index contributed by atoms with van der Waals surface area (Å²) in [5.74, 6) is 0. The summed E-state index contributed by atoms with van der Waals surface area (Å²) in [6, 6.07) is 4.79. The smallest absolute Gasteiger partial charge is 0.0605 e. The first-order valence-corrected chi connectivity index (χ1v) is 8.59. The highest BCUT2D eigenvalue weighted by atomic mass is 14.9. The third kappa shape index (κ3) is 4.90. The molecule has 0 bridgehead atoms. The SMILES string of the molecule is CCCCCCCCCCNC1CCc2cccnc21. The van der Waals surface area contributed by atoms with Gasteiger partial charge in [0.1, 0.15) is 0 Å². The number of unbranched alkanes of at least 4 members (excludes halogenated alkanes) is 7. The van der Waals surface area contributed by atoms with Gasteiger partial charge in [-0.05, 0) is 37.4 Å². The average Bonchev–Trinajstić information content (AvgIpc) is 2.89. The zero-order chi connectivity index (χ0) is 14.0. The summed E-state index contributed by atoms with van der Waals surface area (Å²) in [4.78, 5) is 4.54. The lowest BCUT2D eigenvalue weighted by molar-refractivity contribution is 0.492. The zero-order valence-corrected chi connectivity index (χ0v) is 13.0. The molecule has 0 saturated carbocycles. The van der Waals surface area contributed by atoms with Gasteiger partial charge in [0.2, 0.25) is 0 Å². The first kappa shape index (κ1) is 15.5. The van der Waals surface area contributed by atoms with Crippen LogP contribution in [0.15, 0.2) is 18.3 Å². The third-order valence-electron chi connectivity index (χ3n) is 4.38. The number of fused-ring (bicyclic) bond motifs is 1. The Hall–Kier alpha value is -0.890. The van der Waals surface area contributed by atoms with Gasteiger partial charge in [-0.25, -0.2) is 0 Å². The lowest BCUT2D eigenvalue weighted by atomic mass is 10.1. The van der Waals surface area contributed by atoms with Crippen molar-refractivity contribution in [2.45, 2.75) is 77.2 Å². The van der Waals surface area contributed by atoms with Crippen molar-refractivity contribution in [3.63, 3.8) is 0 Å². The molecule has 0 saturated heterocycles. The van der Waals surface area contributed by atoms with Gasteiger partial charge in [-0.3, -0.25) is 4.98 Å². The zero-order valence-electron chi connectivity index (χ0n) is 13.0. The van der Waals surface area contributed by atoms with Crippen molar-refractivity contribution in [2.24, 2.45) is 0 Å². The molecule has 0 aliphatic heterocycles. The summed E-state index contributed by atoms with van der Waals surface area (Å²) in [5.41, 5.74) is 2.74. The number of aromatic nitrogens is 1. The Balaban J connectivity index is 1.50. The van der Waals surface area contributed by atoms with E-state index >= 15 is 0 Å². The first-order valence-electron chi connectivity index (χ1n) is 8.59. The molecule has 0 radical (unpaired) electrons. The minimum absolute atomic E-state index is 0.510. The van der Waals surface area contributed by atoms with Gasteiger partial charge in [0.25, 0.3) is 0 Å². The molecule has 0 fully saturated rings. The van der Waals surface area contributed by atoms with Crippen LogP contribution in [0.25, 0.3) is 0 Å². The van der Waals surface area contributed by atoms with Crippen molar-refractivity contribution in [3.05, 3.63) is 29.6 Å². The molecular weight excluding hydrogens is 244 g/mol. The van der Waals surface area contributed by atoms with Crippen LogP contribution in [0.3, 0.4) is 0 Å². The van der Waals surface area contributed by atoms with Crippen LogP contribution in [-0.2, 0) is 6.42 Å². The molecule has 0 spiro atoms. The predicted molar refractivity (Wildman–Crippen MR) is 85.9 cm³/mol. The van der Waals surface area contributed by atoms with E-state index in [1.807, 2.05) is 6.20 Å². The van der Waals surface area contributed by atoms with E-state index in [1.165, 1.54) is 75.5 Å². The standard InChI is InChI=1S/C18H30N2/c1-2-3-4-5-6-7-8-9-14-19-17-13-12-16-11-10-15-20-18(16)17/h10-11,15,17,19H,2-9,12-14H2,1H3. The normalized spacial score (nSPS) is 17.4. The van der Waals surface area contributed by atoms with Gasteiger partial charge >= 0.3 is 0 Å². The van der Waals surface area contributed by atoms with Gasteiger partial charge in [0, 0.05) is 6.20 Å². The Morgan fingerprint density at radius 2 is 1.85 bits per heavy atom. The fourth-order valence-corrected chi connectivity index (χ4v) is 3.15. The van der Waals surface area contributed by atoms with E-state index in [9.17, 15) is 0 Å². The number of hydrogen-bond donors (Lipinski definition) is 1. The van der Waals surface area contributed by atoms with E-state index in [0.29, 0.717) is 6.04 Å². The fraction of sp³-hybridized carbons (Fsp3) is 0.722. The summed E-state index contributed by atoms with van der Waals surface area (Å²) < 4.78 is 0. The molecule has 112 valence electrons. The van der Waals surface area contributed by atoms with Crippen molar-refractivity contribution in [1.29, 1.82) is 0 Å². The average molecular weight is 274 g/mol. The van der Waals surface area contributed by atoms with Crippen LogP contribution in [-0.4, -0.2) is 11.5 Å². The van der Waals surface area contributed by atoms with E-state index in [2.05, 4.69) is 29.4 Å². The number of aryl methyl sites for hydroxylation is 1. The summed E-state index contributed by atoms with van der Waals surface area (Å²) in [6.07, 6.45) is 15.5. The molecule has 1 N–H and O–H groups in total. The second-order valence-electron chi connectivity index (χ2n) is 6.07. The molecule has 20 heavy (non-hydrogen) atoms. The van der Waals surface area contributed by atoms with Crippen molar-refractivity contribution in [1.82, 2.24) is 10.3 Å². The minimum atomic E-state index is 0.510. The van der Waals surface area contributed by atoms with E-state index < -0.39 is 0 Å². The lowest BCUT2D eigenvalue weighted by Crippen LogP contribution is -2.21. The summed E-state index contributed by atoms with van der Waals surface area (Å²) in [7, 11) is 0. The van der Waals surface area contributed by atoms with Gasteiger partial charge in [-0.1, -0.05) is 57.9 Å². The van der Waals surface area contributed by atoms with Gasteiger partial charge in [-0.2, -0.15) is 0 Å². The fourth-order valence-electron chi connectivity index (χ4n) is 3.15. The lowest BCUT2D eigenvalue weighted by Gasteiger charge is -2.12. The Bertz CT molecular complexity index is 375. The van der Waals surface area contributed by atoms with Crippen molar-refractivity contribution >= 4 is 0 Å². The van der Waals surface area contributed by atoms with Crippen LogP contribution >= 0.6 is 0 Å². The molecule has 1 unspecified atom stereocenters. The van der Waals surface area contributed by atoms with E-state index in [0.717, 1.165) is 6.54 Å². The third-order valence-corrected chi connectivity index (χ3v) is 4.38. The Labute approximate surface area is 124 Å². The molecule has 1 aliphatic rings. The van der Waals surface area contributed by atoms with Crippen LogP contribution in [0.2, 0.25) is 0 Å². The molecule has 2 nitrogen and oxygen atoms in total. The number of rotatable bonds is 10. The molecule has 1 atom stereocenters. The Morgan fingerprint density at radius 1 is 1.10 bits per heavy atom. The quantitative estimate of drug-likeness (QED) is 0.620. The topological polar surface area (TPSA) is 24.9 Å². The second-order valence-corrected chi connectivity index (χ2v) is 6.07. The molecule has 1 aromatic rings. The van der Waals surface area contributed by atoms with Crippen LogP contribution in [0, 0.1) is 0 Å². The van der Waals surface area contributed by atoms with E-state index in [-0.39, 0.29) is 0 Å². The maximum absolute atomic E-state index is 4.54. The van der Waals surface area contributed by atoms with Crippen LogP contribution < -0.4 is 5.32 Å². The highest BCUT2D eigenvalue weighted by Crippen LogP contribution is 2.28. The van der Waals surface area contributed by atoms with Gasteiger partial charge in [0.05, 0.1) is 11.7 Å². The van der Waals surface area contributed by atoms with Crippen molar-refractivity contribution in [2.75, 3.05) is 6.54 Å². The maximum atomic E-state index is 4.54. The monoisotopic (exact) mass is 274 g/mol. The number of nitrogens with one attached hydrogen (secondary N) is 1. The van der Waals surface area contributed by atoms with E-state index in [4.69, 9.17) is 0 Å². The first-order chi connectivity index (χ1) is 9.92.